The standard InChI is InChI=1S/C14H10F4N2O2S2/c1-13(14(16,17)18,8-2-4-9(15)5-3-8)11-6-10(7-19)23-12(11)24(20,21)22/h2-6H,1H3,(H2,20,21,22). The molecule has 0 amide bonds. The van der Waals surface area contributed by atoms with Crippen LogP contribution in [0.3, 0.4) is 0 Å². The van der Waals surface area contributed by atoms with E-state index >= 15 is 0 Å². The highest BCUT2D eigenvalue weighted by Gasteiger charge is 2.55. The number of hydrogen-bond acceptors (Lipinski definition) is 4. The summed E-state index contributed by atoms with van der Waals surface area (Å²) >= 11 is 0.359. The first-order valence-electron chi connectivity index (χ1n) is 6.31. The predicted molar refractivity (Wildman–Crippen MR) is 79.3 cm³/mol. The van der Waals surface area contributed by atoms with Gasteiger partial charge in [0.25, 0.3) is 0 Å². The van der Waals surface area contributed by atoms with Gasteiger partial charge in [-0.1, -0.05) is 12.1 Å². The molecule has 0 saturated heterocycles. The zero-order valence-electron chi connectivity index (χ0n) is 12.1. The first-order chi connectivity index (χ1) is 10.9. The van der Waals surface area contributed by atoms with Crippen molar-refractivity contribution >= 4 is 21.4 Å². The lowest BCUT2D eigenvalue weighted by atomic mass is 9.76. The predicted octanol–water partition coefficient (Wildman–Crippen LogP) is 3.27. The minimum atomic E-state index is -4.92. The van der Waals surface area contributed by atoms with E-state index in [1.165, 1.54) is 0 Å². The Balaban J connectivity index is 2.88. The molecule has 1 heterocycles. The molecule has 10 heteroatoms. The minimum absolute atomic E-state index is 0.230. The number of nitriles is 1. The molecule has 4 nitrogen and oxygen atoms in total. The van der Waals surface area contributed by atoms with Crippen molar-refractivity contribution < 1.29 is 26.0 Å². The molecule has 0 radical (unpaired) electrons. The molecule has 0 aliphatic rings. The molecular weight excluding hydrogens is 368 g/mol. The molecule has 1 unspecified atom stereocenters. The molecule has 24 heavy (non-hydrogen) atoms. The third-order valence-electron chi connectivity index (χ3n) is 3.59. The highest BCUT2D eigenvalue weighted by Crippen LogP contribution is 2.49. The van der Waals surface area contributed by atoms with Crippen molar-refractivity contribution in [2.75, 3.05) is 0 Å². The molecule has 1 aromatic carbocycles. The van der Waals surface area contributed by atoms with Gasteiger partial charge < -0.3 is 0 Å². The average Bonchev–Trinajstić information content (AvgIpc) is 2.90. The molecule has 0 bridgehead atoms. The van der Waals surface area contributed by atoms with Crippen LogP contribution < -0.4 is 5.14 Å². The van der Waals surface area contributed by atoms with Crippen LogP contribution in [0.25, 0.3) is 0 Å². The van der Waals surface area contributed by atoms with Crippen molar-refractivity contribution in [3.63, 3.8) is 0 Å². The smallest absolute Gasteiger partial charge is 0.224 e. The molecular formula is C14H10F4N2O2S2. The number of thiophene rings is 1. The summed E-state index contributed by atoms with van der Waals surface area (Å²) in [6.07, 6.45) is -4.92. The normalized spacial score (nSPS) is 14.9. The molecule has 0 saturated carbocycles. The molecule has 0 aliphatic heterocycles. The van der Waals surface area contributed by atoms with Crippen LogP contribution in [-0.4, -0.2) is 14.6 Å². The van der Waals surface area contributed by atoms with Crippen molar-refractivity contribution in [3.05, 3.63) is 52.2 Å². The Morgan fingerprint density at radius 1 is 1.21 bits per heavy atom. The highest BCUT2D eigenvalue weighted by molar-refractivity contribution is 7.91. The molecule has 0 spiro atoms. The van der Waals surface area contributed by atoms with Crippen LogP contribution in [0, 0.1) is 17.1 Å². The fourth-order valence-electron chi connectivity index (χ4n) is 2.24. The number of benzene rings is 1. The first kappa shape index (κ1) is 18.4. The molecule has 1 aromatic heterocycles. The summed E-state index contributed by atoms with van der Waals surface area (Å²) in [6, 6.07) is 5.98. The number of hydrogen-bond donors (Lipinski definition) is 1. The van der Waals surface area contributed by atoms with Gasteiger partial charge in [-0.2, -0.15) is 18.4 Å². The van der Waals surface area contributed by atoms with E-state index in [4.69, 9.17) is 10.4 Å². The summed E-state index contributed by atoms with van der Waals surface area (Å²) in [5.74, 6) is -0.738. The molecule has 2 rings (SSSR count). The SMILES string of the molecule is CC(c1ccc(F)cc1)(c1cc(C#N)sc1S(N)(=O)=O)C(F)(F)F. The number of rotatable bonds is 3. The quantitative estimate of drug-likeness (QED) is 0.832. The van der Waals surface area contributed by atoms with Crippen LogP contribution in [0.2, 0.25) is 0 Å². The fourth-order valence-corrected chi connectivity index (χ4v) is 4.34. The van der Waals surface area contributed by atoms with Gasteiger partial charge in [-0.25, -0.2) is 17.9 Å². The summed E-state index contributed by atoms with van der Waals surface area (Å²) in [7, 11) is -4.49. The zero-order chi connectivity index (χ0) is 18.3. The summed E-state index contributed by atoms with van der Waals surface area (Å²) in [5.41, 5.74) is -3.82. The lowest BCUT2D eigenvalue weighted by Crippen LogP contribution is -2.41. The summed E-state index contributed by atoms with van der Waals surface area (Å²) in [5, 5.41) is 13.9. The zero-order valence-corrected chi connectivity index (χ0v) is 13.7. The van der Waals surface area contributed by atoms with Crippen LogP contribution in [0.4, 0.5) is 17.6 Å². The van der Waals surface area contributed by atoms with E-state index in [0.717, 1.165) is 37.3 Å². The van der Waals surface area contributed by atoms with Gasteiger partial charge in [0.15, 0.2) is 0 Å². The van der Waals surface area contributed by atoms with E-state index in [9.17, 15) is 26.0 Å². The van der Waals surface area contributed by atoms with Gasteiger partial charge in [0.2, 0.25) is 10.0 Å². The van der Waals surface area contributed by atoms with E-state index < -0.39 is 37.2 Å². The number of primary sulfonamides is 1. The van der Waals surface area contributed by atoms with E-state index in [0.29, 0.717) is 11.3 Å². The lowest BCUT2D eigenvalue weighted by Gasteiger charge is -2.33. The topological polar surface area (TPSA) is 83.9 Å². The van der Waals surface area contributed by atoms with Gasteiger partial charge in [-0.05, 0) is 30.7 Å². The number of halogens is 4. The number of nitrogens with zero attached hydrogens (tertiary/aromatic N) is 1. The summed E-state index contributed by atoms with van der Waals surface area (Å²) < 4.78 is 77.3. The molecule has 128 valence electrons. The van der Waals surface area contributed by atoms with Crippen molar-refractivity contribution in [1.82, 2.24) is 0 Å². The molecule has 2 N–H and O–H groups in total. The average molecular weight is 378 g/mol. The van der Waals surface area contributed by atoms with E-state index in [1.54, 1.807) is 6.07 Å². The van der Waals surface area contributed by atoms with Crippen LogP contribution >= 0.6 is 11.3 Å². The Labute approximate surface area is 139 Å². The van der Waals surface area contributed by atoms with Gasteiger partial charge >= 0.3 is 6.18 Å². The Morgan fingerprint density at radius 3 is 2.17 bits per heavy atom. The van der Waals surface area contributed by atoms with Crippen LogP contribution in [0.1, 0.15) is 22.9 Å². The van der Waals surface area contributed by atoms with Crippen molar-refractivity contribution in [2.45, 2.75) is 22.7 Å². The molecule has 2 aromatic rings. The Morgan fingerprint density at radius 2 is 1.75 bits per heavy atom. The van der Waals surface area contributed by atoms with Gasteiger partial charge in [0, 0.05) is 5.56 Å². The molecule has 1 atom stereocenters. The van der Waals surface area contributed by atoms with Crippen LogP contribution in [0.5, 0.6) is 0 Å². The van der Waals surface area contributed by atoms with Crippen molar-refractivity contribution in [3.8, 4) is 6.07 Å². The summed E-state index contributed by atoms with van der Waals surface area (Å²) in [4.78, 5) is -0.230. The van der Waals surface area contributed by atoms with Crippen LogP contribution in [0.15, 0.2) is 34.5 Å². The van der Waals surface area contributed by atoms with Crippen molar-refractivity contribution in [2.24, 2.45) is 5.14 Å². The Bertz CT molecular complexity index is 912. The Hall–Kier alpha value is -1.96. The molecule has 0 fully saturated rings. The largest absolute Gasteiger partial charge is 0.402 e. The second kappa shape index (κ2) is 5.84. The van der Waals surface area contributed by atoms with Gasteiger partial charge in [-0.15, -0.1) is 11.3 Å². The number of nitrogens with two attached hydrogens (primary N) is 1. The Kier molecular flexibility index (Phi) is 4.47. The maximum absolute atomic E-state index is 13.9. The first-order valence-corrected chi connectivity index (χ1v) is 8.67. The lowest BCUT2D eigenvalue weighted by molar-refractivity contribution is -0.173. The number of alkyl halides is 3. The highest BCUT2D eigenvalue weighted by atomic mass is 32.2. The molecule has 0 aliphatic carbocycles. The monoisotopic (exact) mass is 378 g/mol. The van der Waals surface area contributed by atoms with Gasteiger partial charge in [0.1, 0.15) is 26.4 Å². The van der Waals surface area contributed by atoms with Crippen molar-refractivity contribution in [1.29, 1.82) is 5.26 Å². The second-order valence-corrected chi connectivity index (χ2v) is 7.91. The van der Waals surface area contributed by atoms with Gasteiger partial charge in [-0.3, -0.25) is 0 Å². The van der Waals surface area contributed by atoms with E-state index in [1.807, 2.05) is 0 Å². The van der Waals surface area contributed by atoms with E-state index in [-0.39, 0.29) is 10.4 Å². The summed E-state index contributed by atoms with van der Waals surface area (Å²) in [6.45, 7) is 0.762. The van der Waals surface area contributed by atoms with Crippen LogP contribution in [-0.2, 0) is 15.4 Å². The number of sulfonamides is 1. The third kappa shape index (κ3) is 3.02. The maximum Gasteiger partial charge on any atom is 0.402 e. The van der Waals surface area contributed by atoms with Gasteiger partial charge in [0.05, 0.1) is 0 Å². The maximum atomic E-state index is 13.9. The van der Waals surface area contributed by atoms with E-state index in [2.05, 4.69) is 0 Å². The second-order valence-electron chi connectivity index (χ2n) is 5.10. The third-order valence-corrected chi connectivity index (χ3v) is 6.11. The minimum Gasteiger partial charge on any atom is -0.224 e. The fraction of sp³-hybridized carbons (Fsp3) is 0.214.